The number of hydrogen-bond acceptors (Lipinski definition) is 3. The molecule has 3 fully saturated rings. The summed E-state index contributed by atoms with van der Waals surface area (Å²) in [4.78, 5) is 11.1. The van der Waals surface area contributed by atoms with Gasteiger partial charge in [-0.15, -0.1) is 0 Å². The van der Waals surface area contributed by atoms with Gasteiger partial charge in [-0.1, -0.05) is 0 Å². The molecule has 26 heavy (non-hydrogen) atoms. The molecule has 1 aromatic rings. The van der Waals surface area contributed by atoms with Gasteiger partial charge in [0.2, 0.25) is 0 Å². The first kappa shape index (κ1) is 17.6. The molecule has 0 aromatic carbocycles. The number of guanidine groups is 1. The summed E-state index contributed by atoms with van der Waals surface area (Å²) in [6.07, 6.45) is 8.21. The van der Waals surface area contributed by atoms with Crippen molar-refractivity contribution in [2.75, 3.05) is 31.1 Å². The minimum Gasteiger partial charge on any atom is -0.357 e. The molecule has 0 spiro atoms. The maximum Gasteiger partial charge on any atom is 0.191 e. The second-order valence-corrected chi connectivity index (χ2v) is 7.94. The predicted octanol–water partition coefficient (Wildman–Crippen LogP) is 2.79. The molecular formula is C20H30FN5. The van der Waals surface area contributed by atoms with Crippen LogP contribution >= 0.6 is 0 Å². The molecule has 3 aliphatic rings. The zero-order valence-corrected chi connectivity index (χ0v) is 15.6. The van der Waals surface area contributed by atoms with Crippen molar-refractivity contribution in [1.82, 2.24) is 15.6 Å². The van der Waals surface area contributed by atoms with Gasteiger partial charge in [0, 0.05) is 38.4 Å². The molecule has 1 saturated heterocycles. The van der Waals surface area contributed by atoms with E-state index in [1.165, 1.54) is 31.7 Å². The third-order valence-electron chi connectivity index (χ3n) is 5.83. The molecule has 1 aromatic heterocycles. The first-order chi connectivity index (χ1) is 12.7. The Kier molecular flexibility index (Phi) is 5.27. The fourth-order valence-corrected chi connectivity index (χ4v) is 4.12. The van der Waals surface area contributed by atoms with Crippen molar-refractivity contribution in [2.45, 2.75) is 45.1 Å². The number of pyridine rings is 1. The van der Waals surface area contributed by atoms with Crippen molar-refractivity contribution in [3.8, 4) is 0 Å². The smallest absolute Gasteiger partial charge is 0.191 e. The second kappa shape index (κ2) is 7.80. The second-order valence-electron chi connectivity index (χ2n) is 7.94. The largest absolute Gasteiger partial charge is 0.357 e. The Morgan fingerprint density at radius 1 is 1.31 bits per heavy atom. The van der Waals surface area contributed by atoms with Gasteiger partial charge in [0.1, 0.15) is 0 Å². The highest BCUT2D eigenvalue weighted by Gasteiger charge is 2.41. The van der Waals surface area contributed by atoms with Gasteiger partial charge in [0.25, 0.3) is 0 Å². The number of aromatic nitrogens is 1. The normalized spacial score (nSPS) is 23.6. The number of rotatable bonds is 7. The molecule has 142 valence electrons. The fourth-order valence-electron chi connectivity index (χ4n) is 4.12. The van der Waals surface area contributed by atoms with Crippen LogP contribution in [0.15, 0.2) is 23.3 Å². The SMILES string of the molecule is CCNC(=NCC(C1CC1)C1CC1)NC1CCN(c2ncccc2F)C1. The Morgan fingerprint density at radius 2 is 2.08 bits per heavy atom. The monoisotopic (exact) mass is 359 g/mol. The molecule has 1 unspecified atom stereocenters. The van der Waals surface area contributed by atoms with Crippen molar-refractivity contribution in [2.24, 2.45) is 22.7 Å². The molecule has 2 aliphatic carbocycles. The maximum absolute atomic E-state index is 14.0. The summed E-state index contributed by atoms with van der Waals surface area (Å²) in [5.74, 6) is 3.75. The molecule has 0 radical (unpaired) electrons. The van der Waals surface area contributed by atoms with Crippen LogP contribution in [0.2, 0.25) is 0 Å². The maximum atomic E-state index is 14.0. The van der Waals surface area contributed by atoms with E-state index in [-0.39, 0.29) is 11.9 Å². The number of anilines is 1. The van der Waals surface area contributed by atoms with Crippen molar-refractivity contribution in [3.05, 3.63) is 24.1 Å². The lowest BCUT2D eigenvalue weighted by Gasteiger charge is -2.20. The summed E-state index contributed by atoms with van der Waals surface area (Å²) in [6, 6.07) is 3.39. The first-order valence-corrected chi connectivity index (χ1v) is 10.1. The Balaban J connectivity index is 1.34. The third-order valence-corrected chi connectivity index (χ3v) is 5.83. The highest BCUT2D eigenvalue weighted by atomic mass is 19.1. The van der Waals surface area contributed by atoms with Crippen LogP contribution in [0.1, 0.15) is 39.0 Å². The molecule has 2 saturated carbocycles. The molecular weight excluding hydrogens is 329 g/mol. The zero-order valence-electron chi connectivity index (χ0n) is 15.6. The van der Waals surface area contributed by atoms with E-state index >= 15 is 0 Å². The summed E-state index contributed by atoms with van der Waals surface area (Å²) in [5.41, 5.74) is 0. The van der Waals surface area contributed by atoms with Crippen LogP contribution in [-0.4, -0.2) is 43.2 Å². The number of nitrogens with one attached hydrogen (secondary N) is 2. The van der Waals surface area contributed by atoms with Gasteiger partial charge in [-0.05, 0) is 68.9 Å². The van der Waals surface area contributed by atoms with Gasteiger partial charge < -0.3 is 15.5 Å². The number of halogens is 1. The topological polar surface area (TPSA) is 52.6 Å². The molecule has 5 nitrogen and oxygen atoms in total. The van der Waals surface area contributed by atoms with Gasteiger partial charge in [-0.3, -0.25) is 4.99 Å². The molecule has 0 bridgehead atoms. The van der Waals surface area contributed by atoms with Crippen LogP contribution in [-0.2, 0) is 0 Å². The standard InChI is InChI=1S/C20H30FN5/c1-2-22-20(24-12-17(14-5-6-14)15-7-8-15)25-16-9-11-26(13-16)19-18(21)4-3-10-23-19/h3-4,10,14-17H,2,5-9,11-13H2,1H3,(H2,22,24,25). The van der Waals surface area contributed by atoms with Crippen molar-refractivity contribution >= 4 is 11.8 Å². The van der Waals surface area contributed by atoms with E-state index in [4.69, 9.17) is 4.99 Å². The molecule has 4 rings (SSSR count). The summed E-state index contributed by atoms with van der Waals surface area (Å²) >= 11 is 0. The van der Waals surface area contributed by atoms with E-state index in [1.54, 1.807) is 12.3 Å². The van der Waals surface area contributed by atoms with E-state index in [2.05, 4.69) is 22.5 Å². The van der Waals surface area contributed by atoms with Crippen LogP contribution in [0.25, 0.3) is 0 Å². The average Bonchev–Trinajstić information content (AvgIpc) is 3.56. The molecule has 6 heteroatoms. The third kappa shape index (κ3) is 4.27. The van der Waals surface area contributed by atoms with E-state index in [0.29, 0.717) is 5.82 Å². The van der Waals surface area contributed by atoms with E-state index in [0.717, 1.165) is 56.3 Å². The molecule has 1 atom stereocenters. The van der Waals surface area contributed by atoms with Crippen molar-refractivity contribution < 1.29 is 4.39 Å². The highest BCUT2D eigenvalue weighted by molar-refractivity contribution is 5.80. The van der Waals surface area contributed by atoms with Crippen LogP contribution < -0.4 is 15.5 Å². The van der Waals surface area contributed by atoms with Gasteiger partial charge >= 0.3 is 0 Å². The molecule has 1 aliphatic heterocycles. The van der Waals surface area contributed by atoms with Crippen molar-refractivity contribution in [1.29, 1.82) is 0 Å². The number of hydrogen-bond donors (Lipinski definition) is 2. The number of nitrogens with zero attached hydrogens (tertiary/aromatic N) is 3. The minimum absolute atomic E-state index is 0.245. The van der Waals surface area contributed by atoms with E-state index in [1.807, 2.05) is 4.90 Å². The van der Waals surface area contributed by atoms with Gasteiger partial charge in [-0.25, -0.2) is 9.37 Å². The van der Waals surface area contributed by atoms with E-state index in [9.17, 15) is 4.39 Å². The lowest BCUT2D eigenvalue weighted by molar-refractivity contribution is 0.416. The van der Waals surface area contributed by atoms with Crippen LogP contribution in [0, 0.1) is 23.6 Å². The van der Waals surface area contributed by atoms with Gasteiger partial charge in [0.05, 0.1) is 0 Å². The Morgan fingerprint density at radius 3 is 2.73 bits per heavy atom. The molecule has 2 heterocycles. The summed E-state index contributed by atoms with van der Waals surface area (Å²) < 4.78 is 14.0. The quantitative estimate of drug-likeness (QED) is 0.581. The molecule has 0 amide bonds. The van der Waals surface area contributed by atoms with Crippen LogP contribution in [0.5, 0.6) is 0 Å². The summed E-state index contributed by atoms with van der Waals surface area (Å²) in [5, 5.41) is 6.94. The summed E-state index contributed by atoms with van der Waals surface area (Å²) in [6.45, 7) is 5.47. The van der Waals surface area contributed by atoms with Gasteiger partial charge in [-0.2, -0.15) is 0 Å². The Hall–Kier alpha value is -1.85. The zero-order chi connectivity index (χ0) is 17.9. The first-order valence-electron chi connectivity index (χ1n) is 10.1. The molecule has 2 N–H and O–H groups in total. The predicted molar refractivity (Wildman–Crippen MR) is 103 cm³/mol. The Labute approximate surface area is 155 Å². The van der Waals surface area contributed by atoms with Crippen LogP contribution in [0.3, 0.4) is 0 Å². The lowest BCUT2D eigenvalue weighted by atomic mass is 9.98. The summed E-state index contributed by atoms with van der Waals surface area (Å²) in [7, 11) is 0. The Bertz CT molecular complexity index is 629. The number of aliphatic imine (C=N–C) groups is 1. The highest BCUT2D eigenvalue weighted by Crippen LogP contribution is 2.49. The fraction of sp³-hybridized carbons (Fsp3) is 0.700. The van der Waals surface area contributed by atoms with Gasteiger partial charge in [0.15, 0.2) is 17.6 Å². The van der Waals surface area contributed by atoms with E-state index < -0.39 is 0 Å². The van der Waals surface area contributed by atoms with Crippen molar-refractivity contribution in [3.63, 3.8) is 0 Å². The average molecular weight is 359 g/mol. The minimum atomic E-state index is -0.245. The lowest BCUT2D eigenvalue weighted by Crippen LogP contribution is -2.45. The van der Waals surface area contributed by atoms with Crippen LogP contribution in [0.4, 0.5) is 10.2 Å².